The number of benzene rings is 1. The van der Waals surface area contributed by atoms with Crippen molar-refractivity contribution in [2.45, 2.75) is 30.3 Å². The van der Waals surface area contributed by atoms with Crippen LogP contribution in [-0.4, -0.2) is 38.3 Å². The van der Waals surface area contributed by atoms with Crippen LogP contribution in [0.2, 0.25) is 0 Å². The molecule has 0 bridgehead atoms. The quantitative estimate of drug-likeness (QED) is 0.764. The molecule has 0 spiro atoms. The number of nitrogens with zero attached hydrogens (tertiary/aromatic N) is 1. The van der Waals surface area contributed by atoms with Gasteiger partial charge in [0, 0.05) is 32.0 Å². The first-order chi connectivity index (χ1) is 13.7. The zero-order valence-electron chi connectivity index (χ0n) is 15.5. The lowest BCUT2D eigenvalue weighted by Crippen LogP contribution is -2.43. The first-order valence-corrected chi connectivity index (χ1v) is 10.6. The van der Waals surface area contributed by atoms with E-state index in [0.717, 1.165) is 28.3 Å². The Morgan fingerprint density at radius 1 is 1.17 bits per heavy atom. The predicted molar refractivity (Wildman–Crippen MR) is 98.3 cm³/mol. The van der Waals surface area contributed by atoms with Gasteiger partial charge >= 0.3 is 6.18 Å². The van der Waals surface area contributed by atoms with Gasteiger partial charge in [0.15, 0.2) is 0 Å². The maximum Gasteiger partial charge on any atom is 0.416 e. The minimum atomic E-state index is -4.62. The number of alkyl halides is 3. The van der Waals surface area contributed by atoms with Gasteiger partial charge in [-0.3, -0.25) is 4.79 Å². The van der Waals surface area contributed by atoms with Gasteiger partial charge in [-0.2, -0.15) is 17.5 Å². The number of sulfonamides is 1. The van der Waals surface area contributed by atoms with Gasteiger partial charge in [-0.05, 0) is 43.2 Å². The highest BCUT2D eigenvalue weighted by molar-refractivity contribution is 7.89. The molecule has 1 fully saturated rings. The van der Waals surface area contributed by atoms with Crippen molar-refractivity contribution in [3.05, 3.63) is 54.0 Å². The molecule has 158 valence electrons. The molecule has 10 heteroatoms. The van der Waals surface area contributed by atoms with Gasteiger partial charge in [0.2, 0.25) is 15.9 Å². The highest BCUT2D eigenvalue weighted by Crippen LogP contribution is 2.32. The highest BCUT2D eigenvalue weighted by Gasteiger charge is 2.35. The van der Waals surface area contributed by atoms with Crippen LogP contribution in [0.5, 0.6) is 0 Å². The summed E-state index contributed by atoms with van der Waals surface area (Å²) in [6.45, 7) is 0.568. The molecule has 1 aliphatic rings. The van der Waals surface area contributed by atoms with E-state index in [1.165, 1.54) is 0 Å². The molecular weight excluding hydrogens is 409 g/mol. The molecule has 2 aromatic rings. The van der Waals surface area contributed by atoms with E-state index in [9.17, 15) is 26.4 Å². The first-order valence-electron chi connectivity index (χ1n) is 9.15. The van der Waals surface area contributed by atoms with E-state index in [1.54, 1.807) is 12.3 Å². The topological polar surface area (TPSA) is 79.6 Å². The van der Waals surface area contributed by atoms with Crippen LogP contribution in [0.4, 0.5) is 13.2 Å². The number of carbonyl (C=O) groups excluding carboxylic acids is 1. The molecule has 6 nitrogen and oxygen atoms in total. The summed E-state index contributed by atoms with van der Waals surface area (Å²) in [7, 11) is -4.05. The van der Waals surface area contributed by atoms with Crippen LogP contribution in [0.3, 0.4) is 0 Å². The van der Waals surface area contributed by atoms with Crippen molar-refractivity contribution in [2.75, 3.05) is 19.6 Å². The van der Waals surface area contributed by atoms with Crippen molar-refractivity contribution in [3.63, 3.8) is 0 Å². The molecule has 1 N–H and O–H groups in total. The Hall–Kier alpha value is -2.33. The normalized spacial score (nSPS) is 16.7. The lowest BCUT2D eigenvalue weighted by atomic mass is 9.97. The van der Waals surface area contributed by atoms with Gasteiger partial charge in [0.1, 0.15) is 5.76 Å². The van der Waals surface area contributed by atoms with Crippen LogP contribution in [0.25, 0.3) is 0 Å². The summed E-state index contributed by atoms with van der Waals surface area (Å²) in [5.74, 6) is 0.263. The first kappa shape index (κ1) is 21.4. The molecule has 1 saturated heterocycles. The smallest absolute Gasteiger partial charge is 0.416 e. The molecule has 3 rings (SSSR count). The average molecular weight is 430 g/mol. The van der Waals surface area contributed by atoms with E-state index in [2.05, 4.69) is 5.32 Å². The van der Waals surface area contributed by atoms with E-state index in [1.807, 2.05) is 6.07 Å². The Kier molecular flexibility index (Phi) is 6.33. The minimum absolute atomic E-state index is 0.0782. The molecule has 2 heterocycles. The number of rotatable bonds is 6. The molecule has 29 heavy (non-hydrogen) atoms. The largest absolute Gasteiger partial charge is 0.469 e. The van der Waals surface area contributed by atoms with Gasteiger partial charge in [-0.15, -0.1) is 0 Å². The second kappa shape index (κ2) is 8.58. The molecule has 0 unspecified atom stereocenters. The lowest BCUT2D eigenvalue weighted by Gasteiger charge is -2.30. The van der Waals surface area contributed by atoms with Gasteiger partial charge in [0.25, 0.3) is 0 Å². The molecule has 0 radical (unpaired) electrons. The standard InChI is InChI=1S/C19H21F3N2O4S/c20-19(21,22)15-3-1-5-17(13-15)29(26,27)24-10-7-14(8-11-24)18(25)23-9-6-16-4-2-12-28-16/h1-5,12-14H,6-11H2,(H,23,25). The van der Waals surface area contributed by atoms with Crippen molar-refractivity contribution >= 4 is 15.9 Å². The van der Waals surface area contributed by atoms with E-state index >= 15 is 0 Å². The molecule has 1 aromatic heterocycles. The highest BCUT2D eigenvalue weighted by atomic mass is 32.2. The summed E-state index contributed by atoms with van der Waals surface area (Å²) in [6.07, 6.45) is -1.89. The van der Waals surface area contributed by atoms with Crippen molar-refractivity contribution in [3.8, 4) is 0 Å². The van der Waals surface area contributed by atoms with Crippen molar-refractivity contribution < 1.29 is 30.8 Å². The average Bonchev–Trinajstić information content (AvgIpc) is 3.21. The molecule has 1 aromatic carbocycles. The summed E-state index contributed by atoms with van der Waals surface area (Å²) >= 11 is 0. The number of amides is 1. The van der Waals surface area contributed by atoms with Crippen LogP contribution in [-0.2, 0) is 27.4 Å². The summed E-state index contributed by atoms with van der Waals surface area (Å²) in [5.41, 5.74) is -1.01. The second-order valence-corrected chi connectivity index (χ2v) is 8.76. The number of carbonyl (C=O) groups is 1. The number of hydrogen-bond acceptors (Lipinski definition) is 4. The van der Waals surface area contributed by atoms with E-state index in [4.69, 9.17) is 4.42 Å². The summed E-state index contributed by atoms with van der Waals surface area (Å²) in [6, 6.07) is 7.27. The van der Waals surface area contributed by atoms with Crippen LogP contribution in [0.1, 0.15) is 24.2 Å². The third kappa shape index (κ3) is 5.18. The Labute approximate surface area is 166 Å². The summed E-state index contributed by atoms with van der Waals surface area (Å²) in [5, 5.41) is 2.81. The number of nitrogens with one attached hydrogen (secondary N) is 1. The fourth-order valence-corrected chi connectivity index (χ4v) is 4.76. The van der Waals surface area contributed by atoms with Crippen LogP contribution in [0, 0.1) is 5.92 Å². The zero-order valence-corrected chi connectivity index (χ0v) is 16.3. The molecule has 1 aliphatic heterocycles. The molecular formula is C19H21F3N2O4S. The number of furan rings is 1. The number of hydrogen-bond donors (Lipinski definition) is 1. The summed E-state index contributed by atoms with van der Waals surface area (Å²) in [4.78, 5) is 11.9. The van der Waals surface area contributed by atoms with Crippen molar-refractivity contribution in [2.24, 2.45) is 5.92 Å². The van der Waals surface area contributed by atoms with E-state index in [-0.39, 0.29) is 24.9 Å². The minimum Gasteiger partial charge on any atom is -0.469 e. The van der Waals surface area contributed by atoms with E-state index < -0.39 is 26.7 Å². The lowest BCUT2D eigenvalue weighted by molar-refractivity contribution is -0.137. The Balaban J connectivity index is 1.56. The van der Waals surface area contributed by atoms with Gasteiger partial charge < -0.3 is 9.73 Å². The number of piperidine rings is 1. The monoisotopic (exact) mass is 430 g/mol. The maximum absolute atomic E-state index is 12.9. The van der Waals surface area contributed by atoms with E-state index in [0.29, 0.717) is 31.9 Å². The molecule has 0 atom stereocenters. The third-order valence-electron chi connectivity index (χ3n) is 4.87. The fourth-order valence-electron chi connectivity index (χ4n) is 3.25. The Morgan fingerprint density at radius 2 is 1.90 bits per heavy atom. The third-order valence-corrected chi connectivity index (χ3v) is 6.77. The molecule has 1 amide bonds. The van der Waals surface area contributed by atoms with Crippen LogP contribution >= 0.6 is 0 Å². The number of halogens is 3. The maximum atomic E-state index is 12.9. The van der Waals surface area contributed by atoms with Crippen molar-refractivity contribution in [1.82, 2.24) is 9.62 Å². The van der Waals surface area contributed by atoms with Crippen molar-refractivity contribution in [1.29, 1.82) is 0 Å². The molecule has 0 aliphatic carbocycles. The Morgan fingerprint density at radius 3 is 2.52 bits per heavy atom. The van der Waals surface area contributed by atoms with Gasteiger partial charge in [-0.25, -0.2) is 8.42 Å². The zero-order chi connectivity index (χ0) is 21.1. The van der Waals surface area contributed by atoms with Crippen LogP contribution in [0.15, 0.2) is 52.0 Å². The second-order valence-electron chi connectivity index (χ2n) is 6.82. The molecule has 0 saturated carbocycles. The Bertz CT molecular complexity index is 935. The predicted octanol–water partition coefficient (Wildman–Crippen LogP) is 3.06. The van der Waals surface area contributed by atoms with Gasteiger partial charge in [-0.1, -0.05) is 6.07 Å². The fraction of sp³-hybridized carbons (Fsp3) is 0.421. The van der Waals surface area contributed by atoms with Gasteiger partial charge in [0.05, 0.1) is 16.7 Å². The van der Waals surface area contributed by atoms with Crippen LogP contribution < -0.4 is 5.32 Å². The summed E-state index contributed by atoms with van der Waals surface area (Å²) < 4.78 is 70.3. The SMILES string of the molecule is O=C(NCCc1ccco1)C1CCN(S(=O)(=O)c2cccc(C(F)(F)F)c2)CC1.